The van der Waals surface area contributed by atoms with Gasteiger partial charge >= 0.3 is 0 Å². The molecule has 0 aliphatic carbocycles. The van der Waals surface area contributed by atoms with Crippen LogP contribution in [0.5, 0.6) is 5.75 Å². The van der Waals surface area contributed by atoms with Gasteiger partial charge in [0.2, 0.25) is 0 Å². The van der Waals surface area contributed by atoms with Crippen LogP contribution >= 0.6 is 0 Å². The predicted octanol–water partition coefficient (Wildman–Crippen LogP) is 2.96. The fourth-order valence-electron chi connectivity index (χ4n) is 2.07. The maximum absolute atomic E-state index is 5.84. The molecule has 1 atom stereocenters. The largest absolute Gasteiger partial charge is 0.493 e. The average molecular weight is 271 g/mol. The van der Waals surface area contributed by atoms with Gasteiger partial charge in [0.1, 0.15) is 11.6 Å². The summed E-state index contributed by atoms with van der Waals surface area (Å²) in [5.41, 5.74) is 1.08. The number of nitrogens with one attached hydrogen (secondary N) is 1. The van der Waals surface area contributed by atoms with E-state index in [4.69, 9.17) is 4.74 Å². The first-order valence-corrected chi connectivity index (χ1v) is 7.08. The quantitative estimate of drug-likeness (QED) is 0.841. The third-order valence-corrected chi connectivity index (χ3v) is 2.94. The zero-order valence-corrected chi connectivity index (χ0v) is 12.0. The SMILES string of the molecule is CCCOc1ccccc1C(NCC)c1ncccn1. The van der Waals surface area contributed by atoms with Crippen LogP contribution in [0, 0.1) is 0 Å². The summed E-state index contributed by atoms with van der Waals surface area (Å²) in [6.45, 7) is 5.73. The van der Waals surface area contributed by atoms with E-state index >= 15 is 0 Å². The lowest BCUT2D eigenvalue weighted by Crippen LogP contribution is -2.24. The molecule has 0 saturated carbocycles. The van der Waals surface area contributed by atoms with Crippen molar-refractivity contribution in [2.45, 2.75) is 26.3 Å². The summed E-state index contributed by atoms with van der Waals surface area (Å²) in [6, 6.07) is 9.85. The van der Waals surface area contributed by atoms with Gasteiger partial charge in [0.15, 0.2) is 0 Å². The van der Waals surface area contributed by atoms with Crippen LogP contribution in [0.4, 0.5) is 0 Å². The maximum atomic E-state index is 5.84. The average Bonchev–Trinajstić information content (AvgIpc) is 2.52. The van der Waals surface area contributed by atoms with Gasteiger partial charge < -0.3 is 10.1 Å². The molecule has 2 rings (SSSR count). The van der Waals surface area contributed by atoms with Gasteiger partial charge in [-0.25, -0.2) is 9.97 Å². The van der Waals surface area contributed by atoms with E-state index < -0.39 is 0 Å². The molecule has 0 saturated heterocycles. The van der Waals surface area contributed by atoms with Crippen molar-refractivity contribution in [1.82, 2.24) is 15.3 Å². The molecule has 20 heavy (non-hydrogen) atoms. The fourth-order valence-corrected chi connectivity index (χ4v) is 2.07. The Morgan fingerprint density at radius 3 is 2.55 bits per heavy atom. The van der Waals surface area contributed by atoms with E-state index in [1.807, 2.05) is 24.3 Å². The first kappa shape index (κ1) is 14.5. The first-order valence-electron chi connectivity index (χ1n) is 7.08. The summed E-state index contributed by atoms with van der Waals surface area (Å²) in [6.07, 6.45) is 4.52. The number of aromatic nitrogens is 2. The Morgan fingerprint density at radius 1 is 1.10 bits per heavy atom. The topological polar surface area (TPSA) is 47.0 Å². The smallest absolute Gasteiger partial charge is 0.149 e. The molecular weight excluding hydrogens is 250 g/mol. The van der Waals surface area contributed by atoms with E-state index in [2.05, 4.69) is 35.2 Å². The summed E-state index contributed by atoms with van der Waals surface area (Å²) in [7, 11) is 0. The van der Waals surface area contributed by atoms with Crippen molar-refractivity contribution >= 4 is 0 Å². The number of hydrogen-bond acceptors (Lipinski definition) is 4. The molecule has 0 aliphatic rings. The minimum Gasteiger partial charge on any atom is -0.493 e. The Kier molecular flexibility index (Phi) is 5.50. The molecule has 1 N–H and O–H groups in total. The molecule has 4 nitrogen and oxygen atoms in total. The van der Waals surface area contributed by atoms with Gasteiger partial charge in [-0.1, -0.05) is 32.0 Å². The van der Waals surface area contributed by atoms with Gasteiger partial charge in [0.25, 0.3) is 0 Å². The summed E-state index contributed by atoms with van der Waals surface area (Å²) in [5.74, 6) is 1.66. The molecule has 0 amide bonds. The molecule has 1 aromatic heterocycles. The van der Waals surface area contributed by atoms with Crippen molar-refractivity contribution < 1.29 is 4.74 Å². The summed E-state index contributed by atoms with van der Waals surface area (Å²) < 4.78 is 5.84. The third-order valence-electron chi connectivity index (χ3n) is 2.94. The van der Waals surface area contributed by atoms with Gasteiger partial charge in [-0.15, -0.1) is 0 Å². The zero-order valence-electron chi connectivity index (χ0n) is 12.0. The molecule has 1 aromatic carbocycles. The normalized spacial score (nSPS) is 12.1. The van der Waals surface area contributed by atoms with Crippen molar-refractivity contribution in [2.24, 2.45) is 0 Å². The number of rotatable bonds is 7. The Morgan fingerprint density at radius 2 is 1.85 bits per heavy atom. The Hall–Kier alpha value is -1.94. The zero-order chi connectivity index (χ0) is 14.2. The number of para-hydroxylation sites is 1. The molecule has 0 fully saturated rings. The van der Waals surface area contributed by atoms with E-state index in [-0.39, 0.29) is 6.04 Å². The lowest BCUT2D eigenvalue weighted by atomic mass is 10.0. The van der Waals surface area contributed by atoms with Gasteiger partial charge in [0, 0.05) is 18.0 Å². The summed E-state index contributed by atoms with van der Waals surface area (Å²) in [4.78, 5) is 8.73. The lowest BCUT2D eigenvalue weighted by molar-refractivity contribution is 0.311. The lowest BCUT2D eigenvalue weighted by Gasteiger charge is -2.20. The van der Waals surface area contributed by atoms with Crippen LogP contribution in [0.1, 0.15) is 37.7 Å². The number of hydrogen-bond donors (Lipinski definition) is 1. The minimum absolute atomic E-state index is 0.0470. The highest BCUT2D eigenvalue weighted by Crippen LogP contribution is 2.28. The second kappa shape index (κ2) is 7.60. The highest BCUT2D eigenvalue weighted by Gasteiger charge is 2.19. The van der Waals surface area contributed by atoms with Gasteiger partial charge in [0.05, 0.1) is 12.6 Å². The van der Waals surface area contributed by atoms with Crippen LogP contribution in [0.3, 0.4) is 0 Å². The van der Waals surface area contributed by atoms with Crippen LogP contribution in [0.2, 0.25) is 0 Å². The molecule has 0 bridgehead atoms. The van der Waals surface area contributed by atoms with E-state index in [1.165, 1.54) is 0 Å². The maximum Gasteiger partial charge on any atom is 0.149 e. The van der Waals surface area contributed by atoms with Crippen molar-refractivity contribution in [3.8, 4) is 5.75 Å². The number of ether oxygens (including phenoxy) is 1. The van der Waals surface area contributed by atoms with Crippen LogP contribution in [-0.4, -0.2) is 23.1 Å². The Bertz CT molecular complexity index is 516. The van der Waals surface area contributed by atoms with Crippen molar-refractivity contribution in [3.63, 3.8) is 0 Å². The van der Waals surface area contributed by atoms with Crippen LogP contribution in [0.25, 0.3) is 0 Å². The molecule has 0 spiro atoms. The van der Waals surface area contributed by atoms with Crippen molar-refractivity contribution in [1.29, 1.82) is 0 Å². The molecule has 1 unspecified atom stereocenters. The molecule has 4 heteroatoms. The number of nitrogens with zero attached hydrogens (tertiary/aromatic N) is 2. The van der Waals surface area contributed by atoms with Crippen molar-refractivity contribution in [2.75, 3.05) is 13.2 Å². The van der Waals surface area contributed by atoms with Crippen molar-refractivity contribution in [3.05, 3.63) is 54.1 Å². The Balaban J connectivity index is 2.34. The molecule has 2 aromatic rings. The second-order valence-electron chi connectivity index (χ2n) is 4.48. The third kappa shape index (κ3) is 3.54. The summed E-state index contributed by atoms with van der Waals surface area (Å²) >= 11 is 0. The second-order valence-corrected chi connectivity index (χ2v) is 4.48. The van der Waals surface area contributed by atoms with E-state index in [0.29, 0.717) is 6.61 Å². The van der Waals surface area contributed by atoms with Gasteiger partial charge in [-0.05, 0) is 25.1 Å². The molecule has 0 aliphatic heterocycles. The monoisotopic (exact) mass is 271 g/mol. The van der Waals surface area contributed by atoms with Crippen LogP contribution < -0.4 is 10.1 Å². The highest BCUT2D eigenvalue weighted by atomic mass is 16.5. The van der Waals surface area contributed by atoms with Gasteiger partial charge in [-0.3, -0.25) is 0 Å². The molecule has 1 heterocycles. The highest BCUT2D eigenvalue weighted by molar-refractivity contribution is 5.38. The van der Waals surface area contributed by atoms with E-state index in [0.717, 1.165) is 30.1 Å². The van der Waals surface area contributed by atoms with E-state index in [1.54, 1.807) is 12.4 Å². The molecule has 106 valence electrons. The Labute approximate surface area is 120 Å². The molecule has 0 radical (unpaired) electrons. The standard InChI is InChI=1S/C16H21N3O/c1-3-12-20-14-9-6-5-8-13(14)15(17-4-2)16-18-10-7-11-19-16/h5-11,15,17H,3-4,12H2,1-2H3. The van der Waals surface area contributed by atoms with E-state index in [9.17, 15) is 0 Å². The van der Waals surface area contributed by atoms with Crippen LogP contribution in [0.15, 0.2) is 42.7 Å². The summed E-state index contributed by atoms with van der Waals surface area (Å²) in [5, 5.41) is 3.43. The van der Waals surface area contributed by atoms with Crippen LogP contribution in [-0.2, 0) is 0 Å². The predicted molar refractivity (Wildman–Crippen MR) is 79.8 cm³/mol. The fraction of sp³-hybridized carbons (Fsp3) is 0.375. The van der Waals surface area contributed by atoms with Gasteiger partial charge in [-0.2, -0.15) is 0 Å². The molecular formula is C16H21N3O. The first-order chi connectivity index (χ1) is 9.86. The minimum atomic E-state index is -0.0470. The number of benzene rings is 1.